The molecule has 0 bridgehead atoms. The number of likely N-dealkylation sites (N-methyl/N-ethyl adjacent to an activating group) is 1. The van der Waals surface area contributed by atoms with E-state index < -0.39 is 0 Å². The number of esters is 1. The number of rotatable bonds is 6. The Bertz CT molecular complexity index is 176. The van der Waals surface area contributed by atoms with E-state index in [0.717, 1.165) is 19.4 Å². The van der Waals surface area contributed by atoms with Crippen molar-refractivity contribution in [3.63, 3.8) is 0 Å². The van der Waals surface area contributed by atoms with Crippen LogP contribution in [0.2, 0.25) is 0 Å². The Balaban J connectivity index is 3.56. The lowest BCUT2D eigenvalue weighted by atomic mass is 10.2. The van der Waals surface area contributed by atoms with Crippen molar-refractivity contribution in [3.05, 3.63) is 12.2 Å². The normalized spacial score (nSPS) is 10.2. The van der Waals surface area contributed by atoms with Crippen LogP contribution < -0.4 is 0 Å². The van der Waals surface area contributed by atoms with Gasteiger partial charge in [-0.15, -0.1) is 0 Å². The highest BCUT2D eigenvalue weighted by molar-refractivity contribution is 5.87. The van der Waals surface area contributed by atoms with Crippen LogP contribution in [0.4, 0.5) is 0 Å². The number of nitrogens with zero attached hydrogens (tertiary/aromatic N) is 1. The van der Waals surface area contributed by atoms with E-state index in [1.807, 2.05) is 25.9 Å². The van der Waals surface area contributed by atoms with Crippen molar-refractivity contribution < 1.29 is 9.53 Å². The number of carbonyl (C=O) groups is 1. The standard InChI is InChI=1S/C10H19NO2/c1-5-6-9(2)10(12)13-8-7-11(3)4/h2,5-8H2,1,3-4H3. The van der Waals surface area contributed by atoms with Crippen molar-refractivity contribution >= 4 is 5.97 Å². The van der Waals surface area contributed by atoms with Gasteiger partial charge in [-0.25, -0.2) is 4.79 Å². The second-order valence-corrected chi connectivity index (χ2v) is 3.29. The molecular weight excluding hydrogens is 166 g/mol. The van der Waals surface area contributed by atoms with E-state index >= 15 is 0 Å². The van der Waals surface area contributed by atoms with Crippen LogP contribution in [-0.2, 0) is 9.53 Å². The molecular formula is C10H19NO2. The summed E-state index contributed by atoms with van der Waals surface area (Å²) in [5.41, 5.74) is 0.571. The van der Waals surface area contributed by atoms with Gasteiger partial charge in [0.25, 0.3) is 0 Å². The average molecular weight is 185 g/mol. The maximum atomic E-state index is 11.2. The third-order valence-electron chi connectivity index (χ3n) is 1.61. The van der Waals surface area contributed by atoms with Gasteiger partial charge >= 0.3 is 5.97 Å². The van der Waals surface area contributed by atoms with E-state index in [0.29, 0.717) is 12.2 Å². The number of carbonyl (C=O) groups excluding carboxylic acids is 1. The van der Waals surface area contributed by atoms with Crippen molar-refractivity contribution in [3.8, 4) is 0 Å². The topological polar surface area (TPSA) is 29.5 Å². The predicted octanol–water partition coefficient (Wildman–Crippen LogP) is 1.45. The molecule has 0 aliphatic heterocycles. The summed E-state index contributed by atoms with van der Waals surface area (Å²) in [6.45, 7) is 6.86. The molecule has 0 amide bonds. The minimum atomic E-state index is -0.260. The van der Waals surface area contributed by atoms with Crippen molar-refractivity contribution in [2.24, 2.45) is 0 Å². The maximum Gasteiger partial charge on any atom is 0.333 e. The molecule has 76 valence electrons. The largest absolute Gasteiger partial charge is 0.461 e. The zero-order valence-electron chi connectivity index (χ0n) is 8.80. The van der Waals surface area contributed by atoms with Gasteiger partial charge in [-0.1, -0.05) is 19.9 Å². The van der Waals surface area contributed by atoms with Gasteiger partial charge in [0.2, 0.25) is 0 Å². The van der Waals surface area contributed by atoms with Crippen LogP contribution in [0.1, 0.15) is 19.8 Å². The summed E-state index contributed by atoms with van der Waals surface area (Å²) >= 11 is 0. The van der Waals surface area contributed by atoms with E-state index in [-0.39, 0.29) is 5.97 Å². The zero-order chi connectivity index (χ0) is 10.3. The minimum Gasteiger partial charge on any atom is -0.461 e. The summed E-state index contributed by atoms with van der Waals surface area (Å²) in [6.07, 6.45) is 1.66. The van der Waals surface area contributed by atoms with Crippen molar-refractivity contribution in [1.82, 2.24) is 4.90 Å². The lowest BCUT2D eigenvalue weighted by Crippen LogP contribution is -2.20. The molecule has 0 aliphatic rings. The van der Waals surface area contributed by atoms with Crippen LogP contribution in [0, 0.1) is 0 Å². The Kier molecular flexibility index (Phi) is 6.24. The Labute approximate surface area is 80.4 Å². The summed E-state index contributed by atoms with van der Waals surface area (Å²) < 4.78 is 4.99. The van der Waals surface area contributed by atoms with Gasteiger partial charge in [0.1, 0.15) is 6.61 Å². The molecule has 0 saturated heterocycles. The lowest BCUT2D eigenvalue weighted by Gasteiger charge is -2.10. The SMILES string of the molecule is C=C(CCC)C(=O)OCCN(C)C. The first kappa shape index (κ1) is 12.2. The Morgan fingerprint density at radius 2 is 2.08 bits per heavy atom. The van der Waals surface area contributed by atoms with E-state index in [9.17, 15) is 4.79 Å². The van der Waals surface area contributed by atoms with Gasteiger partial charge in [-0.05, 0) is 20.5 Å². The zero-order valence-corrected chi connectivity index (χ0v) is 8.80. The molecule has 0 N–H and O–H groups in total. The van der Waals surface area contributed by atoms with Crippen molar-refractivity contribution in [2.45, 2.75) is 19.8 Å². The number of hydrogen-bond donors (Lipinski definition) is 0. The first-order valence-electron chi connectivity index (χ1n) is 4.57. The van der Waals surface area contributed by atoms with Crippen LogP contribution >= 0.6 is 0 Å². The molecule has 0 atom stereocenters. The maximum absolute atomic E-state index is 11.2. The van der Waals surface area contributed by atoms with Crippen LogP contribution in [0.15, 0.2) is 12.2 Å². The Morgan fingerprint density at radius 1 is 1.46 bits per heavy atom. The highest BCUT2D eigenvalue weighted by Crippen LogP contribution is 2.03. The summed E-state index contributed by atoms with van der Waals surface area (Å²) in [5, 5.41) is 0. The van der Waals surface area contributed by atoms with E-state index in [1.165, 1.54) is 0 Å². The Hall–Kier alpha value is -0.830. The van der Waals surface area contributed by atoms with Crippen molar-refractivity contribution in [1.29, 1.82) is 0 Å². The van der Waals surface area contributed by atoms with E-state index in [4.69, 9.17) is 4.74 Å². The number of ether oxygens (including phenoxy) is 1. The highest BCUT2D eigenvalue weighted by atomic mass is 16.5. The molecule has 0 aromatic carbocycles. The van der Waals surface area contributed by atoms with Gasteiger partial charge < -0.3 is 9.64 Å². The molecule has 0 fully saturated rings. The van der Waals surface area contributed by atoms with Crippen LogP contribution in [-0.4, -0.2) is 38.1 Å². The van der Waals surface area contributed by atoms with Gasteiger partial charge in [0.05, 0.1) is 0 Å². The van der Waals surface area contributed by atoms with E-state index in [1.54, 1.807) is 0 Å². The molecule has 0 radical (unpaired) electrons. The van der Waals surface area contributed by atoms with Crippen LogP contribution in [0.5, 0.6) is 0 Å². The lowest BCUT2D eigenvalue weighted by molar-refractivity contribution is -0.139. The molecule has 0 saturated carbocycles. The molecule has 3 nitrogen and oxygen atoms in total. The first-order valence-corrected chi connectivity index (χ1v) is 4.57. The monoisotopic (exact) mass is 185 g/mol. The smallest absolute Gasteiger partial charge is 0.333 e. The van der Waals surface area contributed by atoms with Crippen LogP contribution in [0.3, 0.4) is 0 Å². The summed E-state index contributed by atoms with van der Waals surface area (Å²) in [6, 6.07) is 0. The molecule has 0 aromatic heterocycles. The van der Waals surface area contributed by atoms with Gasteiger partial charge in [-0.3, -0.25) is 0 Å². The minimum absolute atomic E-state index is 0.260. The molecule has 3 heteroatoms. The summed E-state index contributed by atoms with van der Waals surface area (Å²) in [7, 11) is 3.88. The number of hydrogen-bond acceptors (Lipinski definition) is 3. The van der Waals surface area contributed by atoms with Gasteiger partial charge in [0, 0.05) is 12.1 Å². The third kappa shape index (κ3) is 6.34. The molecule has 0 unspecified atom stereocenters. The second-order valence-electron chi connectivity index (χ2n) is 3.29. The second kappa shape index (κ2) is 6.66. The van der Waals surface area contributed by atoms with E-state index in [2.05, 4.69) is 6.58 Å². The summed E-state index contributed by atoms with van der Waals surface area (Å²) in [4.78, 5) is 13.1. The molecule has 0 heterocycles. The molecule has 13 heavy (non-hydrogen) atoms. The molecule has 0 aromatic rings. The Morgan fingerprint density at radius 3 is 2.54 bits per heavy atom. The fourth-order valence-corrected chi connectivity index (χ4v) is 0.827. The van der Waals surface area contributed by atoms with Crippen LogP contribution in [0.25, 0.3) is 0 Å². The average Bonchev–Trinajstić information content (AvgIpc) is 2.04. The highest BCUT2D eigenvalue weighted by Gasteiger charge is 2.06. The van der Waals surface area contributed by atoms with Crippen molar-refractivity contribution in [2.75, 3.05) is 27.2 Å². The van der Waals surface area contributed by atoms with Gasteiger partial charge in [-0.2, -0.15) is 0 Å². The summed E-state index contributed by atoms with van der Waals surface area (Å²) in [5.74, 6) is -0.260. The fraction of sp³-hybridized carbons (Fsp3) is 0.700. The quantitative estimate of drug-likeness (QED) is 0.463. The molecule has 0 aliphatic carbocycles. The van der Waals surface area contributed by atoms with Gasteiger partial charge in [0.15, 0.2) is 0 Å². The fourth-order valence-electron chi connectivity index (χ4n) is 0.827. The first-order chi connectivity index (χ1) is 6.07. The molecule has 0 spiro atoms. The third-order valence-corrected chi connectivity index (χ3v) is 1.61. The predicted molar refractivity (Wildman–Crippen MR) is 53.6 cm³/mol. The molecule has 0 rings (SSSR count).